The highest BCUT2D eigenvalue weighted by atomic mass is 19.4. The molecule has 0 fully saturated rings. The second-order valence-corrected chi connectivity index (χ2v) is 6.99. The predicted molar refractivity (Wildman–Crippen MR) is 115 cm³/mol. The fourth-order valence-corrected chi connectivity index (χ4v) is 3.22. The van der Waals surface area contributed by atoms with Gasteiger partial charge in [0.1, 0.15) is 0 Å². The molecule has 3 N–H and O–H groups in total. The lowest BCUT2D eigenvalue weighted by Crippen LogP contribution is -2.38. The van der Waals surface area contributed by atoms with E-state index in [1.165, 1.54) is 12.1 Å². The first kappa shape index (κ1) is 22.2. The first-order valence-corrected chi connectivity index (χ1v) is 9.94. The molecule has 0 aromatic heterocycles. The van der Waals surface area contributed by atoms with Crippen molar-refractivity contribution < 1.29 is 18.0 Å². The maximum atomic E-state index is 12.6. The maximum absolute atomic E-state index is 12.6. The summed E-state index contributed by atoms with van der Waals surface area (Å²) in [5, 5.41) is 9.08. The molecule has 1 aliphatic heterocycles. The van der Waals surface area contributed by atoms with E-state index in [1.54, 1.807) is 0 Å². The smallest absolute Gasteiger partial charge is 0.357 e. The molecule has 3 rings (SSSR count). The molecule has 0 saturated heterocycles. The molecule has 1 aliphatic rings. The minimum Gasteiger partial charge on any atom is -0.357 e. The number of para-hydroxylation sites is 1. The third-order valence-electron chi connectivity index (χ3n) is 4.71. The molecular weight excluding hydrogens is 405 g/mol. The molecule has 2 aromatic carbocycles. The average Bonchev–Trinajstić information content (AvgIpc) is 2.74. The fourth-order valence-electron chi connectivity index (χ4n) is 3.22. The molecule has 8 heteroatoms. The van der Waals surface area contributed by atoms with E-state index in [0.717, 1.165) is 23.4 Å². The van der Waals surface area contributed by atoms with Gasteiger partial charge in [0.05, 0.1) is 18.7 Å². The van der Waals surface area contributed by atoms with Crippen molar-refractivity contribution in [3.8, 4) is 11.8 Å². The van der Waals surface area contributed by atoms with E-state index in [4.69, 9.17) is 0 Å². The average molecular weight is 428 g/mol. The van der Waals surface area contributed by atoms with E-state index in [1.807, 2.05) is 31.2 Å². The van der Waals surface area contributed by atoms with Crippen molar-refractivity contribution in [3.63, 3.8) is 0 Å². The second kappa shape index (κ2) is 10.0. The Morgan fingerprint density at radius 3 is 2.61 bits per heavy atom. The first-order valence-electron chi connectivity index (χ1n) is 9.94. The van der Waals surface area contributed by atoms with E-state index < -0.39 is 11.7 Å². The third-order valence-corrected chi connectivity index (χ3v) is 4.71. The Morgan fingerprint density at radius 1 is 1.16 bits per heavy atom. The van der Waals surface area contributed by atoms with Gasteiger partial charge in [0.15, 0.2) is 5.96 Å². The van der Waals surface area contributed by atoms with Crippen molar-refractivity contribution in [1.82, 2.24) is 10.6 Å². The van der Waals surface area contributed by atoms with Gasteiger partial charge in [-0.3, -0.25) is 9.79 Å². The highest BCUT2D eigenvalue weighted by Gasteiger charge is 2.29. The number of hydrogen-bond acceptors (Lipinski definition) is 2. The van der Waals surface area contributed by atoms with E-state index in [9.17, 15) is 18.0 Å². The predicted octanol–water partition coefficient (Wildman–Crippen LogP) is 3.74. The standard InChI is InChI=1S/C23H23F3N4O/c1-2-27-22(28-13-5-6-16-9-11-18(12-10-16)23(24,25)26)29-15-17-14-21(31)30-20-8-4-3-7-19(17)20/h3-4,7-12,17H,2,13-15H2,1H3,(H,30,31)(H2,27,28,29). The van der Waals surface area contributed by atoms with Crippen LogP contribution in [0.25, 0.3) is 0 Å². The molecule has 0 bridgehead atoms. The number of halogens is 3. The van der Waals surface area contributed by atoms with Gasteiger partial charge in [0.25, 0.3) is 0 Å². The Bertz CT molecular complexity index is 1000. The molecule has 1 unspecified atom stereocenters. The Balaban J connectivity index is 1.60. The highest BCUT2D eigenvalue weighted by Crippen LogP contribution is 2.32. The minimum atomic E-state index is -4.36. The number of anilines is 1. The summed E-state index contributed by atoms with van der Waals surface area (Å²) in [7, 11) is 0. The molecule has 31 heavy (non-hydrogen) atoms. The van der Waals surface area contributed by atoms with Gasteiger partial charge in [-0.15, -0.1) is 0 Å². The molecule has 1 atom stereocenters. The number of guanidine groups is 1. The van der Waals surface area contributed by atoms with Crippen LogP contribution in [-0.2, 0) is 11.0 Å². The molecule has 1 amide bonds. The van der Waals surface area contributed by atoms with Crippen molar-refractivity contribution in [3.05, 3.63) is 65.2 Å². The summed E-state index contributed by atoms with van der Waals surface area (Å²) >= 11 is 0. The zero-order valence-corrected chi connectivity index (χ0v) is 17.0. The second-order valence-electron chi connectivity index (χ2n) is 6.99. The number of carbonyl (C=O) groups excluding carboxylic acids is 1. The van der Waals surface area contributed by atoms with Crippen LogP contribution in [0.5, 0.6) is 0 Å². The van der Waals surface area contributed by atoms with Crippen LogP contribution in [0.1, 0.15) is 36.0 Å². The van der Waals surface area contributed by atoms with Crippen LogP contribution in [0.3, 0.4) is 0 Å². The van der Waals surface area contributed by atoms with Gasteiger partial charge in [-0.1, -0.05) is 30.0 Å². The molecule has 2 aromatic rings. The SMILES string of the molecule is CCNC(=NCC1CC(=O)Nc2ccccc21)NCC#Cc1ccc(C(F)(F)F)cc1. The number of carbonyl (C=O) groups is 1. The molecular formula is C23H23F3N4O. The first-order chi connectivity index (χ1) is 14.9. The largest absolute Gasteiger partial charge is 0.416 e. The number of aliphatic imine (C=N–C) groups is 1. The quantitative estimate of drug-likeness (QED) is 0.395. The van der Waals surface area contributed by atoms with Crippen LogP contribution >= 0.6 is 0 Å². The van der Waals surface area contributed by atoms with Gasteiger partial charge in [0, 0.05) is 30.1 Å². The third kappa shape index (κ3) is 6.25. The summed E-state index contributed by atoms with van der Waals surface area (Å²) in [4.78, 5) is 16.5. The van der Waals surface area contributed by atoms with Crippen LogP contribution in [0.2, 0.25) is 0 Å². The number of nitrogens with one attached hydrogen (secondary N) is 3. The summed E-state index contributed by atoms with van der Waals surface area (Å²) in [6.07, 6.45) is -3.99. The number of hydrogen-bond donors (Lipinski definition) is 3. The van der Waals surface area contributed by atoms with Gasteiger partial charge < -0.3 is 16.0 Å². The zero-order valence-electron chi connectivity index (χ0n) is 17.0. The molecule has 0 saturated carbocycles. The van der Waals surface area contributed by atoms with Crippen molar-refractivity contribution in [2.75, 3.05) is 25.0 Å². The highest BCUT2D eigenvalue weighted by molar-refractivity contribution is 5.94. The Hall–Kier alpha value is -3.47. The number of fused-ring (bicyclic) bond motifs is 1. The van der Waals surface area contributed by atoms with Crippen LogP contribution in [0.15, 0.2) is 53.5 Å². The van der Waals surface area contributed by atoms with Gasteiger partial charge >= 0.3 is 6.18 Å². The van der Waals surface area contributed by atoms with E-state index in [-0.39, 0.29) is 18.4 Å². The number of rotatable bonds is 4. The van der Waals surface area contributed by atoms with E-state index in [0.29, 0.717) is 31.0 Å². The van der Waals surface area contributed by atoms with Crippen molar-refractivity contribution in [2.45, 2.75) is 25.4 Å². The summed E-state index contributed by atoms with van der Waals surface area (Å²) in [5.74, 6) is 6.23. The molecule has 162 valence electrons. The van der Waals surface area contributed by atoms with E-state index in [2.05, 4.69) is 32.8 Å². The Kier molecular flexibility index (Phi) is 7.19. The lowest BCUT2D eigenvalue weighted by molar-refractivity contribution is -0.137. The fraction of sp³-hybridized carbons (Fsp3) is 0.304. The van der Waals surface area contributed by atoms with E-state index >= 15 is 0 Å². The minimum absolute atomic E-state index is 0.0152. The monoisotopic (exact) mass is 428 g/mol. The summed E-state index contributed by atoms with van der Waals surface area (Å²) in [5.41, 5.74) is 1.68. The van der Waals surface area contributed by atoms with Crippen molar-refractivity contribution >= 4 is 17.6 Å². The number of benzene rings is 2. The van der Waals surface area contributed by atoms with Gasteiger partial charge in [-0.05, 0) is 42.8 Å². The molecule has 0 radical (unpaired) electrons. The van der Waals surface area contributed by atoms with Crippen LogP contribution < -0.4 is 16.0 Å². The maximum Gasteiger partial charge on any atom is 0.416 e. The number of amides is 1. The Labute approximate surface area is 179 Å². The van der Waals surface area contributed by atoms with Gasteiger partial charge in [0.2, 0.25) is 5.91 Å². The van der Waals surface area contributed by atoms with Crippen molar-refractivity contribution in [1.29, 1.82) is 0 Å². The number of nitrogens with zero attached hydrogens (tertiary/aromatic N) is 1. The summed E-state index contributed by atoms with van der Waals surface area (Å²) in [6.45, 7) is 3.30. The number of alkyl halides is 3. The molecule has 1 heterocycles. The zero-order chi connectivity index (χ0) is 22.3. The molecule has 0 aliphatic carbocycles. The van der Waals surface area contributed by atoms with Crippen LogP contribution in [0, 0.1) is 11.8 Å². The lowest BCUT2D eigenvalue weighted by Gasteiger charge is -2.24. The van der Waals surface area contributed by atoms with Crippen molar-refractivity contribution in [2.24, 2.45) is 4.99 Å². The van der Waals surface area contributed by atoms with Crippen LogP contribution in [0.4, 0.5) is 18.9 Å². The Morgan fingerprint density at radius 2 is 1.90 bits per heavy atom. The topological polar surface area (TPSA) is 65.5 Å². The summed E-state index contributed by atoms with van der Waals surface area (Å²) < 4.78 is 37.8. The lowest BCUT2D eigenvalue weighted by atomic mass is 9.91. The molecule has 5 nitrogen and oxygen atoms in total. The molecule has 0 spiro atoms. The van der Waals surface area contributed by atoms with Crippen LogP contribution in [-0.4, -0.2) is 31.5 Å². The normalized spacial score (nSPS) is 15.9. The summed E-state index contributed by atoms with van der Waals surface area (Å²) in [6, 6.07) is 12.4. The van der Waals surface area contributed by atoms with Gasteiger partial charge in [-0.25, -0.2) is 0 Å². The van der Waals surface area contributed by atoms with Gasteiger partial charge in [-0.2, -0.15) is 13.2 Å².